The second-order valence-electron chi connectivity index (χ2n) is 14.2. The van der Waals surface area contributed by atoms with Crippen molar-refractivity contribution in [3.05, 3.63) is 180 Å². The minimum atomic E-state index is 0. The number of pyridine rings is 2. The highest BCUT2D eigenvalue weighted by Crippen LogP contribution is 2.34. The summed E-state index contributed by atoms with van der Waals surface area (Å²) in [5.74, 6) is 0. The van der Waals surface area contributed by atoms with E-state index < -0.39 is 0 Å². The number of nitrogen functional groups attached to an aromatic ring is 2. The number of aromatic nitrogens is 2. The zero-order valence-electron chi connectivity index (χ0n) is 32.1. The van der Waals surface area contributed by atoms with E-state index in [1.165, 1.54) is 33.0 Å². The molecule has 282 valence electrons. The van der Waals surface area contributed by atoms with E-state index >= 15 is 0 Å². The molecule has 8 aromatic rings. The van der Waals surface area contributed by atoms with Crippen molar-refractivity contribution in [1.29, 1.82) is 0 Å². The number of nitrogens with zero attached hydrogens (tertiary/aromatic N) is 4. The molecule has 4 N–H and O–H groups in total. The highest BCUT2D eigenvalue weighted by atomic mass is 79.9. The van der Waals surface area contributed by atoms with Crippen molar-refractivity contribution >= 4 is 55.9 Å². The molecule has 0 aliphatic carbocycles. The number of fused-ring (bicyclic) bond motifs is 2. The number of anilines is 6. The van der Waals surface area contributed by atoms with Gasteiger partial charge in [-0.25, -0.2) is 0 Å². The highest BCUT2D eigenvalue weighted by molar-refractivity contribution is 5.96. The third-order valence-electron chi connectivity index (χ3n) is 10.9. The number of nitrogens with two attached hydrogens (primary N) is 2. The number of halogens is 2. The number of hydrogen-bond donors (Lipinski definition) is 2. The first kappa shape index (κ1) is 40.0. The van der Waals surface area contributed by atoms with Gasteiger partial charge in [0.05, 0.1) is 22.1 Å². The Morgan fingerprint density at radius 2 is 0.804 bits per heavy atom. The van der Waals surface area contributed by atoms with Gasteiger partial charge in [-0.1, -0.05) is 84.9 Å². The van der Waals surface area contributed by atoms with Crippen molar-refractivity contribution in [3.8, 4) is 11.1 Å². The molecular weight excluding hydrogens is 820 g/mol. The Hall–Kier alpha value is -5.70. The van der Waals surface area contributed by atoms with Crippen LogP contribution in [-0.2, 0) is 13.1 Å². The van der Waals surface area contributed by atoms with Crippen LogP contribution in [0.5, 0.6) is 0 Å². The van der Waals surface area contributed by atoms with E-state index in [2.05, 4.69) is 181 Å². The van der Waals surface area contributed by atoms with E-state index in [4.69, 9.17) is 11.5 Å². The maximum Gasteiger partial charge on any atom is 0.219 e. The molecule has 0 amide bonds. The summed E-state index contributed by atoms with van der Waals surface area (Å²) in [6, 6.07) is 51.5. The SMILES string of the molecule is Cc1c(N)ccc2c(N(C)c3ccccc3)cc[n+](Cc3ccc(-c4ccc(C[n+]5ccc(N(C)c6ccccc6)c6ccc(N)c(C)c65)cc4)cc3)c12.[Br-].[Br-]. The lowest BCUT2D eigenvalue weighted by molar-refractivity contribution is -0.662. The molecule has 0 bridgehead atoms. The Labute approximate surface area is 350 Å². The molecule has 0 fully saturated rings. The molecule has 2 aromatic heterocycles. The molecule has 8 rings (SSSR count). The molecule has 0 radical (unpaired) electrons. The normalized spacial score (nSPS) is 10.9. The van der Waals surface area contributed by atoms with Gasteiger partial charge in [-0.05, 0) is 73.5 Å². The van der Waals surface area contributed by atoms with Gasteiger partial charge in [0.2, 0.25) is 11.0 Å². The summed E-state index contributed by atoms with van der Waals surface area (Å²) in [7, 11) is 4.24. The van der Waals surface area contributed by atoms with Crippen LogP contribution in [0.25, 0.3) is 32.9 Å². The zero-order chi connectivity index (χ0) is 37.3. The fourth-order valence-corrected chi connectivity index (χ4v) is 7.66. The first-order valence-electron chi connectivity index (χ1n) is 18.4. The van der Waals surface area contributed by atoms with Gasteiger partial charge < -0.3 is 55.2 Å². The van der Waals surface area contributed by atoms with E-state index in [1.807, 2.05) is 24.3 Å². The predicted octanol–water partition coefficient (Wildman–Crippen LogP) is 3.66. The van der Waals surface area contributed by atoms with E-state index in [9.17, 15) is 0 Å². The molecule has 0 spiro atoms. The standard InChI is InChI=1S/C48H44N6.2BrH/c1-33-43(49)25-23-41-45(51(3)39-11-7-5-8-12-39)27-29-53(47(33)41)31-35-15-19-37(20-16-35)38-21-17-36(18-22-38)32-54-30-28-46(52(4)40-13-9-6-10-14-40)42-24-26-44(50)34(2)48(42)54;;/h5-30,49-50H,31-32H2,1-4H3;2*1H. The molecule has 6 aromatic carbocycles. The Balaban J connectivity index is 0.00000266. The third kappa shape index (κ3) is 7.72. The molecule has 6 nitrogen and oxygen atoms in total. The first-order valence-corrected chi connectivity index (χ1v) is 18.4. The summed E-state index contributed by atoms with van der Waals surface area (Å²) in [6.07, 6.45) is 4.37. The number of benzene rings is 6. The van der Waals surface area contributed by atoms with Crippen LogP contribution in [0.1, 0.15) is 22.3 Å². The lowest BCUT2D eigenvalue weighted by Crippen LogP contribution is -3.00. The molecule has 0 saturated heterocycles. The molecule has 0 unspecified atom stereocenters. The number of rotatable bonds is 9. The van der Waals surface area contributed by atoms with Gasteiger partial charge in [0, 0.05) is 71.2 Å². The lowest BCUT2D eigenvalue weighted by atomic mass is 10.0. The molecule has 0 saturated carbocycles. The molecule has 2 heterocycles. The lowest BCUT2D eigenvalue weighted by Gasteiger charge is -2.21. The Morgan fingerprint density at radius 3 is 1.16 bits per heavy atom. The minimum absolute atomic E-state index is 0. The predicted molar refractivity (Wildman–Crippen MR) is 226 cm³/mol. The fourth-order valence-electron chi connectivity index (χ4n) is 7.66. The van der Waals surface area contributed by atoms with E-state index in [0.29, 0.717) is 0 Å². The van der Waals surface area contributed by atoms with Gasteiger partial charge >= 0.3 is 0 Å². The van der Waals surface area contributed by atoms with Crippen molar-refractivity contribution in [2.45, 2.75) is 26.9 Å². The van der Waals surface area contributed by atoms with Gasteiger partial charge in [-0.3, -0.25) is 0 Å². The molecule has 56 heavy (non-hydrogen) atoms. The topological polar surface area (TPSA) is 66.3 Å². The second-order valence-corrected chi connectivity index (χ2v) is 14.2. The Kier molecular flexibility index (Phi) is 12.1. The summed E-state index contributed by atoms with van der Waals surface area (Å²) in [5.41, 5.74) is 28.4. The number of aryl methyl sites for hydroxylation is 2. The van der Waals surface area contributed by atoms with Crippen LogP contribution in [0.2, 0.25) is 0 Å². The van der Waals surface area contributed by atoms with Crippen LogP contribution in [0.15, 0.2) is 158 Å². The molecular formula is C48H46Br2N6. The van der Waals surface area contributed by atoms with Crippen LogP contribution in [-0.4, -0.2) is 14.1 Å². The average molecular weight is 867 g/mol. The van der Waals surface area contributed by atoms with Gasteiger partial charge in [0.15, 0.2) is 25.5 Å². The largest absolute Gasteiger partial charge is 1.00 e. The van der Waals surface area contributed by atoms with Crippen LogP contribution in [0.4, 0.5) is 34.1 Å². The van der Waals surface area contributed by atoms with Gasteiger partial charge in [0.1, 0.15) is 0 Å². The summed E-state index contributed by atoms with van der Waals surface area (Å²) < 4.78 is 4.63. The van der Waals surface area contributed by atoms with Gasteiger partial charge in [-0.15, -0.1) is 0 Å². The third-order valence-corrected chi connectivity index (χ3v) is 10.9. The minimum Gasteiger partial charge on any atom is -1.00 e. The first-order chi connectivity index (χ1) is 26.3. The summed E-state index contributed by atoms with van der Waals surface area (Å²) in [6.45, 7) is 5.71. The van der Waals surface area contributed by atoms with Gasteiger partial charge in [0.25, 0.3) is 0 Å². The quantitative estimate of drug-likeness (QED) is 0.172. The molecule has 0 aliphatic rings. The average Bonchev–Trinajstić information content (AvgIpc) is 3.21. The fraction of sp³-hybridized carbons (Fsp3) is 0.125. The van der Waals surface area contributed by atoms with Crippen molar-refractivity contribution < 1.29 is 43.1 Å². The van der Waals surface area contributed by atoms with Crippen molar-refractivity contribution in [1.82, 2.24) is 0 Å². The van der Waals surface area contributed by atoms with E-state index in [-0.39, 0.29) is 34.0 Å². The maximum absolute atomic E-state index is 6.46. The van der Waals surface area contributed by atoms with Crippen molar-refractivity contribution in [3.63, 3.8) is 0 Å². The van der Waals surface area contributed by atoms with Crippen LogP contribution >= 0.6 is 0 Å². The number of para-hydroxylation sites is 2. The van der Waals surface area contributed by atoms with Crippen LogP contribution in [0.3, 0.4) is 0 Å². The molecule has 0 atom stereocenters. The second kappa shape index (κ2) is 17.0. The monoisotopic (exact) mass is 864 g/mol. The smallest absolute Gasteiger partial charge is 0.219 e. The van der Waals surface area contributed by atoms with Gasteiger partial charge in [-0.2, -0.15) is 9.13 Å². The summed E-state index contributed by atoms with van der Waals surface area (Å²) in [5, 5.41) is 2.35. The van der Waals surface area contributed by atoms with E-state index in [1.54, 1.807) is 0 Å². The highest BCUT2D eigenvalue weighted by Gasteiger charge is 2.22. The van der Waals surface area contributed by atoms with Crippen molar-refractivity contribution in [2.75, 3.05) is 35.4 Å². The molecule has 8 heteroatoms. The Bertz CT molecular complexity index is 2430. The Morgan fingerprint density at radius 1 is 0.446 bits per heavy atom. The van der Waals surface area contributed by atoms with Crippen LogP contribution < -0.4 is 64.4 Å². The molecule has 0 aliphatic heterocycles. The van der Waals surface area contributed by atoms with E-state index in [0.717, 1.165) is 69.4 Å². The van der Waals surface area contributed by atoms with Crippen LogP contribution in [0, 0.1) is 13.8 Å². The number of hydrogen-bond acceptors (Lipinski definition) is 4. The zero-order valence-corrected chi connectivity index (χ0v) is 35.3. The summed E-state index contributed by atoms with van der Waals surface area (Å²) >= 11 is 0. The van der Waals surface area contributed by atoms with Crippen molar-refractivity contribution in [2.24, 2.45) is 0 Å². The summed E-state index contributed by atoms with van der Waals surface area (Å²) in [4.78, 5) is 4.48. The maximum atomic E-state index is 6.46.